The molecular weight excluding hydrogens is 316 g/mol. The van der Waals surface area contributed by atoms with Gasteiger partial charge in [0.15, 0.2) is 5.78 Å². The Labute approximate surface area is 126 Å². The van der Waals surface area contributed by atoms with E-state index >= 15 is 0 Å². The van der Waals surface area contributed by atoms with E-state index in [1.807, 2.05) is 43.3 Å². The van der Waals surface area contributed by atoms with Crippen molar-refractivity contribution in [2.24, 2.45) is 0 Å². The number of ketones is 1. The lowest BCUT2D eigenvalue weighted by molar-refractivity contribution is 0.0948. The molecule has 0 amide bonds. The van der Waals surface area contributed by atoms with Crippen LogP contribution in [0, 0.1) is 0 Å². The predicted octanol–water partition coefficient (Wildman–Crippen LogP) is 4.37. The minimum absolute atomic E-state index is 0.000411. The molecule has 2 nitrogen and oxygen atoms in total. The number of benzene rings is 2. The molecule has 0 spiro atoms. The number of hydrogen-bond acceptors (Lipinski definition) is 2. The zero-order valence-corrected chi connectivity index (χ0v) is 12.8. The zero-order valence-electron chi connectivity index (χ0n) is 11.2. The average Bonchev–Trinajstić information content (AvgIpc) is 2.40. The molecule has 0 aromatic heterocycles. The van der Waals surface area contributed by atoms with E-state index < -0.39 is 0 Å². The Morgan fingerprint density at radius 1 is 1.30 bits per heavy atom. The number of halogens is 1. The van der Waals surface area contributed by atoms with E-state index in [2.05, 4.69) is 22.0 Å². The molecule has 0 saturated heterocycles. The van der Waals surface area contributed by atoms with Crippen LogP contribution in [0.3, 0.4) is 0 Å². The summed E-state index contributed by atoms with van der Waals surface area (Å²) in [5.74, 6) is 0.962. The van der Waals surface area contributed by atoms with Gasteiger partial charge in [0.25, 0.3) is 0 Å². The van der Waals surface area contributed by atoms with Gasteiger partial charge in [0.2, 0.25) is 0 Å². The number of carbonyl (C=O) groups is 1. The Kier molecular flexibility index (Phi) is 3.62. The second kappa shape index (κ2) is 5.41. The highest BCUT2D eigenvalue weighted by Gasteiger charge is 2.33. The Hall–Kier alpha value is -1.61. The van der Waals surface area contributed by atoms with Gasteiger partial charge in [0.1, 0.15) is 5.75 Å². The standard InChI is InChI=1S/C17H15BrO2/c1-2-20-12-7-8-14(16(18)10-12)17(19)15-9-11-5-3-4-6-13(11)15/h3-8,10,15H,2,9H2,1H3. The minimum atomic E-state index is 0.000411. The number of fused-ring (bicyclic) bond motifs is 1. The van der Waals surface area contributed by atoms with Crippen LogP contribution in [0.25, 0.3) is 0 Å². The Morgan fingerprint density at radius 3 is 2.80 bits per heavy atom. The number of ether oxygens (including phenoxy) is 1. The van der Waals surface area contributed by atoms with Gasteiger partial charge in [0, 0.05) is 10.0 Å². The van der Waals surface area contributed by atoms with Crippen LogP contribution in [0.5, 0.6) is 5.75 Å². The molecule has 0 aliphatic heterocycles. The molecule has 2 aromatic rings. The highest BCUT2D eigenvalue weighted by Crippen LogP contribution is 2.38. The number of rotatable bonds is 4. The summed E-state index contributed by atoms with van der Waals surface area (Å²) in [4.78, 5) is 12.6. The summed E-state index contributed by atoms with van der Waals surface area (Å²) >= 11 is 3.48. The van der Waals surface area contributed by atoms with Gasteiger partial charge in [-0.15, -0.1) is 0 Å². The van der Waals surface area contributed by atoms with Crippen molar-refractivity contribution in [2.45, 2.75) is 19.3 Å². The van der Waals surface area contributed by atoms with Crippen LogP contribution in [0.2, 0.25) is 0 Å². The quantitative estimate of drug-likeness (QED) is 0.778. The second-order valence-corrected chi connectivity index (χ2v) is 5.75. The van der Waals surface area contributed by atoms with Gasteiger partial charge in [0.05, 0.1) is 12.5 Å². The van der Waals surface area contributed by atoms with Gasteiger partial charge in [-0.25, -0.2) is 0 Å². The SMILES string of the molecule is CCOc1ccc(C(=O)C2Cc3ccccc32)c(Br)c1. The van der Waals surface area contributed by atoms with Gasteiger partial charge in [-0.1, -0.05) is 24.3 Å². The molecule has 0 N–H and O–H groups in total. The fourth-order valence-electron chi connectivity index (χ4n) is 2.63. The van der Waals surface area contributed by atoms with Crippen molar-refractivity contribution in [3.63, 3.8) is 0 Å². The van der Waals surface area contributed by atoms with Crippen LogP contribution in [-0.4, -0.2) is 12.4 Å². The summed E-state index contributed by atoms with van der Waals surface area (Å²) in [6.07, 6.45) is 0.842. The molecule has 3 heteroatoms. The van der Waals surface area contributed by atoms with E-state index in [-0.39, 0.29) is 11.7 Å². The lowest BCUT2D eigenvalue weighted by atomic mass is 9.74. The van der Waals surface area contributed by atoms with Gasteiger partial charge >= 0.3 is 0 Å². The van der Waals surface area contributed by atoms with Crippen LogP contribution in [-0.2, 0) is 6.42 Å². The summed E-state index contributed by atoms with van der Waals surface area (Å²) in [6, 6.07) is 13.7. The van der Waals surface area contributed by atoms with Gasteiger partial charge in [-0.2, -0.15) is 0 Å². The molecule has 2 aromatic carbocycles. The van der Waals surface area contributed by atoms with Gasteiger partial charge in [-0.3, -0.25) is 4.79 Å². The lowest BCUT2D eigenvalue weighted by Crippen LogP contribution is -2.25. The molecule has 20 heavy (non-hydrogen) atoms. The van der Waals surface area contributed by atoms with E-state index in [9.17, 15) is 4.79 Å². The highest BCUT2D eigenvalue weighted by atomic mass is 79.9. The normalized spacial score (nSPS) is 16.2. The maximum absolute atomic E-state index is 12.6. The first kappa shape index (κ1) is 13.4. The average molecular weight is 331 g/mol. The number of hydrogen-bond donors (Lipinski definition) is 0. The number of Topliss-reactive ketones (excluding diaryl/α,β-unsaturated/α-hetero) is 1. The van der Waals surface area contributed by atoms with E-state index in [1.165, 1.54) is 11.1 Å². The van der Waals surface area contributed by atoms with Crippen molar-refractivity contribution in [1.29, 1.82) is 0 Å². The highest BCUT2D eigenvalue weighted by molar-refractivity contribution is 9.10. The second-order valence-electron chi connectivity index (χ2n) is 4.89. The summed E-state index contributed by atoms with van der Waals surface area (Å²) < 4.78 is 6.24. The molecule has 1 unspecified atom stereocenters. The molecule has 3 rings (SSSR count). The van der Waals surface area contributed by atoms with Crippen LogP contribution >= 0.6 is 15.9 Å². The predicted molar refractivity (Wildman–Crippen MR) is 82.5 cm³/mol. The third-order valence-corrected chi connectivity index (χ3v) is 4.34. The van der Waals surface area contributed by atoms with Gasteiger partial charge in [-0.05, 0) is 58.6 Å². The van der Waals surface area contributed by atoms with Crippen molar-refractivity contribution in [3.05, 3.63) is 63.6 Å². The van der Waals surface area contributed by atoms with Crippen molar-refractivity contribution in [2.75, 3.05) is 6.61 Å². The van der Waals surface area contributed by atoms with Crippen molar-refractivity contribution >= 4 is 21.7 Å². The molecular formula is C17H15BrO2. The first-order chi connectivity index (χ1) is 9.70. The molecule has 0 heterocycles. The molecule has 102 valence electrons. The summed E-state index contributed by atoms with van der Waals surface area (Å²) in [7, 11) is 0. The summed E-state index contributed by atoms with van der Waals surface area (Å²) in [5, 5.41) is 0. The first-order valence-electron chi connectivity index (χ1n) is 6.75. The van der Waals surface area contributed by atoms with Crippen LogP contribution in [0.1, 0.15) is 34.3 Å². The van der Waals surface area contributed by atoms with Crippen molar-refractivity contribution in [3.8, 4) is 5.75 Å². The lowest BCUT2D eigenvalue weighted by Gasteiger charge is -2.29. The first-order valence-corrected chi connectivity index (χ1v) is 7.54. The van der Waals surface area contributed by atoms with E-state index in [4.69, 9.17) is 4.74 Å². The van der Waals surface area contributed by atoms with Gasteiger partial charge < -0.3 is 4.74 Å². The molecule has 0 saturated carbocycles. The van der Waals surface area contributed by atoms with E-state index in [0.29, 0.717) is 6.61 Å². The van der Waals surface area contributed by atoms with E-state index in [0.717, 1.165) is 22.2 Å². The fourth-order valence-corrected chi connectivity index (χ4v) is 3.19. The van der Waals surface area contributed by atoms with Crippen molar-refractivity contribution in [1.82, 2.24) is 0 Å². The molecule has 0 bridgehead atoms. The molecule has 1 aliphatic carbocycles. The maximum Gasteiger partial charge on any atom is 0.171 e. The van der Waals surface area contributed by atoms with E-state index in [1.54, 1.807) is 0 Å². The Morgan fingerprint density at radius 2 is 2.10 bits per heavy atom. The van der Waals surface area contributed by atoms with Crippen LogP contribution < -0.4 is 4.74 Å². The largest absolute Gasteiger partial charge is 0.494 e. The van der Waals surface area contributed by atoms with Crippen LogP contribution in [0.15, 0.2) is 46.9 Å². The minimum Gasteiger partial charge on any atom is -0.494 e. The third-order valence-electron chi connectivity index (χ3n) is 3.69. The maximum atomic E-state index is 12.6. The topological polar surface area (TPSA) is 26.3 Å². The summed E-state index contributed by atoms with van der Waals surface area (Å²) in [6.45, 7) is 2.56. The smallest absolute Gasteiger partial charge is 0.171 e. The third kappa shape index (κ3) is 2.27. The molecule has 1 aliphatic rings. The van der Waals surface area contributed by atoms with Crippen LogP contribution in [0.4, 0.5) is 0 Å². The molecule has 0 fully saturated rings. The molecule has 0 radical (unpaired) electrons. The van der Waals surface area contributed by atoms with Crippen molar-refractivity contribution < 1.29 is 9.53 Å². The monoisotopic (exact) mass is 330 g/mol. The fraction of sp³-hybridized carbons (Fsp3) is 0.235. The Balaban J connectivity index is 1.86. The Bertz CT molecular complexity index is 664. The zero-order chi connectivity index (χ0) is 14.1. The number of carbonyl (C=O) groups excluding carboxylic acids is 1. The summed E-state index contributed by atoms with van der Waals surface area (Å²) in [5.41, 5.74) is 3.18. The molecule has 1 atom stereocenters.